The Morgan fingerprint density at radius 3 is 2.50 bits per heavy atom. The number of nitrogens with zero attached hydrogens (tertiary/aromatic N) is 2. The van der Waals surface area contributed by atoms with E-state index in [4.69, 9.17) is 4.42 Å². The van der Waals surface area contributed by atoms with Crippen LogP contribution in [0, 0.1) is 5.92 Å². The Balaban J connectivity index is 0.00000216. The lowest BCUT2D eigenvalue weighted by atomic mass is 9.84. The first-order valence-electron chi connectivity index (χ1n) is 11.7. The second kappa shape index (κ2) is 8.80. The molecule has 2 aromatic carbocycles. The maximum Gasteiger partial charge on any atom is 0.287 e. The van der Waals surface area contributed by atoms with Crippen molar-refractivity contribution in [1.29, 1.82) is 0 Å². The maximum atomic E-state index is 13.0. The van der Waals surface area contributed by atoms with Gasteiger partial charge >= 0.3 is 0 Å². The lowest BCUT2D eigenvalue weighted by Crippen LogP contribution is -2.57. The predicted octanol–water partition coefficient (Wildman–Crippen LogP) is 4.95. The number of rotatable bonds is 4. The number of anilines is 1. The van der Waals surface area contributed by atoms with Gasteiger partial charge in [0.2, 0.25) is 0 Å². The van der Waals surface area contributed by atoms with Crippen LogP contribution in [0.1, 0.15) is 36.2 Å². The van der Waals surface area contributed by atoms with Crippen LogP contribution in [0.3, 0.4) is 0 Å². The van der Waals surface area contributed by atoms with Crippen molar-refractivity contribution in [2.24, 2.45) is 5.92 Å². The van der Waals surface area contributed by atoms with Gasteiger partial charge in [0.15, 0.2) is 5.76 Å². The number of para-hydroxylation sites is 1. The van der Waals surface area contributed by atoms with Gasteiger partial charge in [0.1, 0.15) is 5.58 Å². The minimum atomic E-state index is -0.0910. The van der Waals surface area contributed by atoms with E-state index in [-0.39, 0.29) is 24.4 Å². The molecule has 0 unspecified atom stereocenters. The molecule has 7 rings (SSSR count). The van der Waals surface area contributed by atoms with Crippen molar-refractivity contribution < 1.29 is 9.21 Å². The van der Waals surface area contributed by atoms with E-state index < -0.39 is 0 Å². The summed E-state index contributed by atoms with van der Waals surface area (Å²) < 4.78 is 6.16. The van der Waals surface area contributed by atoms with E-state index >= 15 is 0 Å². The number of halogens is 1. The first-order chi connectivity index (χ1) is 15.2. The molecule has 4 aliphatic rings. The zero-order chi connectivity index (χ0) is 20.8. The Hall–Kier alpha value is -2.50. The molecule has 6 heteroatoms. The van der Waals surface area contributed by atoms with Crippen LogP contribution in [-0.2, 0) is 0 Å². The number of nitrogens with one attached hydrogen (secondary N) is 1. The summed E-state index contributed by atoms with van der Waals surface area (Å²) in [6.07, 6.45) is 4.89. The van der Waals surface area contributed by atoms with E-state index in [1.807, 2.05) is 18.2 Å². The Labute approximate surface area is 195 Å². The molecule has 0 spiro atoms. The van der Waals surface area contributed by atoms with Gasteiger partial charge in [0, 0.05) is 42.3 Å². The van der Waals surface area contributed by atoms with Gasteiger partial charge in [-0.05, 0) is 68.5 Å². The lowest BCUT2D eigenvalue weighted by Gasteiger charge is -2.44. The van der Waals surface area contributed by atoms with E-state index in [0.29, 0.717) is 11.7 Å². The van der Waals surface area contributed by atoms with Crippen LogP contribution in [0.5, 0.6) is 0 Å². The van der Waals surface area contributed by atoms with E-state index in [9.17, 15) is 4.79 Å². The second-order valence-corrected chi connectivity index (χ2v) is 9.30. The molecular formula is C26H30ClN3O2. The zero-order valence-corrected chi connectivity index (χ0v) is 19.1. The number of benzene rings is 2. The average Bonchev–Trinajstić information content (AvgIpc) is 3.50. The Morgan fingerprint density at radius 1 is 0.969 bits per heavy atom. The maximum absolute atomic E-state index is 13.0. The number of hydrogen-bond acceptors (Lipinski definition) is 4. The first-order valence-corrected chi connectivity index (χ1v) is 11.7. The molecule has 1 aromatic heterocycles. The van der Waals surface area contributed by atoms with Crippen molar-refractivity contribution in [3.8, 4) is 11.1 Å². The molecular weight excluding hydrogens is 422 g/mol. The minimum absolute atomic E-state index is 0. The smallest absolute Gasteiger partial charge is 0.287 e. The van der Waals surface area contributed by atoms with E-state index in [1.54, 1.807) is 0 Å². The van der Waals surface area contributed by atoms with Gasteiger partial charge in [-0.2, -0.15) is 0 Å². The molecule has 5 nitrogen and oxygen atoms in total. The van der Waals surface area contributed by atoms with Gasteiger partial charge < -0.3 is 19.5 Å². The molecule has 0 radical (unpaired) electrons. The van der Waals surface area contributed by atoms with Crippen LogP contribution < -0.4 is 10.2 Å². The van der Waals surface area contributed by atoms with Gasteiger partial charge in [-0.3, -0.25) is 4.79 Å². The van der Waals surface area contributed by atoms with Crippen molar-refractivity contribution in [3.05, 3.63) is 54.3 Å². The summed E-state index contributed by atoms with van der Waals surface area (Å²) in [5.74, 6) is 0.920. The molecule has 4 fully saturated rings. The predicted molar refractivity (Wildman–Crippen MR) is 131 cm³/mol. The summed E-state index contributed by atoms with van der Waals surface area (Å²) in [6.45, 7) is 5.55. The number of piperidine rings is 3. The molecule has 4 saturated heterocycles. The number of amides is 1. The topological polar surface area (TPSA) is 48.7 Å². The first kappa shape index (κ1) is 21.4. The van der Waals surface area contributed by atoms with Crippen molar-refractivity contribution in [2.45, 2.75) is 31.7 Å². The molecule has 4 aliphatic heterocycles. The summed E-state index contributed by atoms with van der Waals surface area (Å²) in [4.78, 5) is 17.9. The molecule has 1 atom stereocenters. The molecule has 1 amide bonds. The molecule has 3 aromatic rings. The monoisotopic (exact) mass is 451 g/mol. The van der Waals surface area contributed by atoms with Crippen molar-refractivity contribution in [1.82, 2.24) is 10.2 Å². The van der Waals surface area contributed by atoms with Gasteiger partial charge in [0.05, 0.1) is 0 Å². The molecule has 5 heterocycles. The lowest BCUT2D eigenvalue weighted by molar-refractivity contribution is 0.0607. The Kier molecular flexibility index (Phi) is 5.87. The number of fused-ring (bicyclic) bond motifs is 4. The second-order valence-electron chi connectivity index (χ2n) is 9.30. The van der Waals surface area contributed by atoms with E-state index in [1.165, 1.54) is 44.5 Å². The van der Waals surface area contributed by atoms with Crippen LogP contribution in [-0.4, -0.2) is 49.6 Å². The van der Waals surface area contributed by atoms with E-state index in [0.717, 1.165) is 41.7 Å². The molecule has 32 heavy (non-hydrogen) atoms. The fourth-order valence-electron chi connectivity index (χ4n) is 5.62. The minimum Gasteiger partial charge on any atom is -0.450 e. The van der Waals surface area contributed by atoms with Crippen molar-refractivity contribution in [3.63, 3.8) is 0 Å². The zero-order valence-electron chi connectivity index (χ0n) is 18.3. The largest absolute Gasteiger partial charge is 0.450 e. The summed E-state index contributed by atoms with van der Waals surface area (Å²) in [5.41, 5.74) is 4.23. The quantitative estimate of drug-likeness (QED) is 0.610. The SMILES string of the molecule is Cl.O=C(N[C@H]1CN2CCC1CC2)c1cc2cccc(-c3cccc(N4CCCC4)c3)c2o1. The Bertz CT molecular complexity index is 1110. The van der Waals surface area contributed by atoms with Crippen LogP contribution in [0.25, 0.3) is 22.1 Å². The number of furan rings is 1. The summed E-state index contributed by atoms with van der Waals surface area (Å²) >= 11 is 0. The standard InChI is InChI=1S/C26H29N3O2.ClH/c30-26(27-23-17-28-13-9-18(23)10-14-28)24-16-20-6-4-8-22(25(20)31-24)19-5-3-7-21(15-19)29-11-1-2-12-29;/h3-8,15-16,18,23H,1-2,9-14,17H2,(H,27,30);1H/t23-;/m0./s1. The van der Waals surface area contributed by atoms with Crippen LogP contribution in [0.2, 0.25) is 0 Å². The summed E-state index contributed by atoms with van der Waals surface area (Å²) in [6, 6.07) is 17.0. The molecule has 1 N–H and O–H groups in total. The third-order valence-corrected chi connectivity index (χ3v) is 7.37. The number of carbonyl (C=O) groups is 1. The van der Waals surface area contributed by atoms with Crippen LogP contribution in [0.15, 0.2) is 52.9 Å². The van der Waals surface area contributed by atoms with Gasteiger partial charge in [-0.1, -0.05) is 30.3 Å². The highest BCUT2D eigenvalue weighted by Crippen LogP contribution is 2.34. The molecule has 0 aliphatic carbocycles. The molecule has 2 bridgehead atoms. The van der Waals surface area contributed by atoms with Crippen LogP contribution in [0.4, 0.5) is 5.69 Å². The normalized spacial score (nSPS) is 24.5. The average molecular weight is 452 g/mol. The highest BCUT2D eigenvalue weighted by atomic mass is 35.5. The molecule has 0 saturated carbocycles. The van der Waals surface area contributed by atoms with Gasteiger partial charge in [-0.25, -0.2) is 0 Å². The fourth-order valence-corrected chi connectivity index (χ4v) is 5.62. The summed E-state index contributed by atoms with van der Waals surface area (Å²) in [7, 11) is 0. The van der Waals surface area contributed by atoms with Gasteiger partial charge in [-0.15, -0.1) is 12.4 Å². The van der Waals surface area contributed by atoms with Crippen molar-refractivity contribution >= 4 is 35.0 Å². The van der Waals surface area contributed by atoms with Gasteiger partial charge in [0.25, 0.3) is 5.91 Å². The highest BCUT2D eigenvalue weighted by molar-refractivity contribution is 6.00. The Morgan fingerprint density at radius 2 is 1.75 bits per heavy atom. The summed E-state index contributed by atoms with van der Waals surface area (Å²) in [5, 5.41) is 4.23. The van der Waals surface area contributed by atoms with Crippen molar-refractivity contribution in [2.75, 3.05) is 37.6 Å². The fraction of sp³-hybridized carbons (Fsp3) is 0.423. The molecule has 168 valence electrons. The van der Waals surface area contributed by atoms with E-state index in [2.05, 4.69) is 45.4 Å². The number of hydrogen-bond donors (Lipinski definition) is 1. The van der Waals surface area contributed by atoms with Crippen LogP contribution >= 0.6 is 12.4 Å². The third-order valence-electron chi connectivity index (χ3n) is 7.37. The number of carbonyl (C=O) groups excluding carboxylic acids is 1. The third kappa shape index (κ3) is 3.89. The highest BCUT2D eigenvalue weighted by Gasteiger charge is 2.35.